The number of rotatable bonds is 6. The Morgan fingerprint density at radius 1 is 1.20 bits per heavy atom. The van der Waals surface area contributed by atoms with E-state index in [4.69, 9.17) is 5.73 Å². The quantitative estimate of drug-likeness (QED) is 0.478. The summed E-state index contributed by atoms with van der Waals surface area (Å²) in [5.74, 6) is 0.298. The molecule has 0 aliphatic carbocycles. The lowest BCUT2D eigenvalue weighted by molar-refractivity contribution is -0.274. The number of amides is 1. The Labute approximate surface area is 174 Å². The zero-order valence-electron chi connectivity index (χ0n) is 17.6. The van der Waals surface area contributed by atoms with Crippen LogP contribution in [0.15, 0.2) is 29.3 Å². The highest BCUT2D eigenvalue weighted by molar-refractivity contribution is 5.92. The van der Waals surface area contributed by atoms with Crippen LogP contribution in [-0.4, -0.2) is 54.8 Å². The van der Waals surface area contributed by atoms with E-state index in [1.54, 1.807) is 0 Å². The van der Waals surface area contributed by atoms with E-state index < -0.39 is 6.36 Å². The third-order valence-electron chi connectivity index (χ3n) is 4.47. The standard InChI is InChI=1S/C20H30F3N5O2/c1-19(2,3)27-17(29)13-28-10-8-14(9-11-28)12-25-18(24)26-15-4-6-16(7-5-15)30-20(21,22)23/h4-7,14H,8-13H2,1-3H3,(H,27,29)(H3,24,25,26). The first-order chi connectivity index (χ1) is 13.9. The number of benzene rings is 1. The largest absolute Gasteiger partial charge is 0.573 e. The number of alkyl halides is 3. The lowest BCUT2D eigenvalue weighted by Crippen LogP contribution is -2.47. The van der Waals surface area contributed by atoms with Crippen LogP contribution in [0.25, 0.3) is 0 Å². The molecule has 1 aromatic rings. The summed E-state index contributed by atoms with van der Waals surface area (Å²) in [6, 6.07) is 5.28. The van der Waals surface area contributed by atoms with Crippen LogP contribution in [0.1, 0.15) is 33.6 Å². The number of guanidine groups is 1. The molecule has 1 heterocycles. The van der Waals surface area contributed by atoms with E-state index in [9.17, 15) is 18.0 Å². The van der Waals surface area contributed by atoms with E-state index in [1.807, 2.05) is 20.8 Å². The van der Waals surface area contributed by atoms with Gasteiger partial charge in [-0.1, -0.05) is 0 Å². The predicted molar refractivity (Wildman–Crippen MR) is 110 cm³/mol. The lowest BCUT2D eigenvalue weighted by atomic mass is 9.97. The lowest BCUT2D eigenvalue weighted by Gasteiger charge is -2.31. The van der Waals surface area contributed by atoms with Crippen molar-refractivity contribution in [1.29, 1.82) is 0 Å². The fourth-order valence-electron chi connectivity index (χ4n) is 3.14. The van der Waals surface area contributed by atoms with Crippen molar-refractivity contribution >= 4 is 17.6 Å². The van der Waals surface area contributed by atoms with Crippen molar-refractivity contribution in [3.63, 3.8) is 0 Å². The Balaban J connectivity index is 1.73. The molecule has 1 saturated heterocycles. The summed E-state index contributed by atoms with van der Waals surface area (Å²) < 4.78 is 40.4. The number of nitrogens with zero attached hydrogens (tertiary/aromatic N) is 2. The molecule has 4 N–H and O–H groups in total. The third kappa shape index (κ3) is 9.34. The predicted octanol–water partition coefficient (Wildman–Crippen LogP) is 2.94. The van der Waals surface area contributed by atoms with Crippen LogP contribution < -0.4 is 21.1 Å². The molecular formula is C20H30F3N5O2. The Morgan fingerprint density at radius 3 is 2.33 bits per heavy atom. The molecule has 0 saturated carbocycles. The number of carbonyl (C=O) groups excluding carboxylic acids is 1. The van der Waals surface area contributed by atoms with Crippen molar-refractivity contribution in [1.82, 2.24) is 10.2 Å². The number of likely N-dealkylation sites (tertiary alicyclic amines) is 1. The molecule has 0 aromatic heterocycles. The molecular weight excluding hydrogens is 399 g/mol. The van der Waals surface area contributed by atoms with Gasteiger partial charge in [-0.25, -0.2) is 0 Å². The molecule has 1 aromatic carbocycles. The number of ether oxygens (including phenoxy) is 1. The van der Waals surface area contributed by atoms with Gasteiger partial charge in [-0.3, -0.25) is 14.7 Å². The highest BCUT2D eigenvalue weighted by atomic mass is 19.4. The molecule has 1 aliphatic rings. The van der Waals surface area contributed by atoms with Gasteiger partial charge >= 0.3 is 6.36 Å². The first-order valence-electron chi connectivity index (χ1n) is 9.86. The van der Waals surface area contributed by atoms with Crippen molar-refractivity contribution in [2.45, 2.75) is 45.5 Å². The summed E-state index contributed by atoms with van der Waals surface area (Å²) in [5, 5.41) is 5.82. The molecule has 0 radical (unpaired) electrons. The van der Waals surface area contributed by atoms with Crippen LogP contribution in [0.4, 0.5) is 18.9 Å². The van der Waals surface area contributed by atoms with Crippen molar-refractivity contribution in [3.8, 4) is 5.75 Å². The van der Waals surface area contributed by atoms with Gasteiger partial charge in [-0.15, -0.1) is 13.2 Å². The van der Waals surface area contributed by atoms with Gasteiger partial charge in [0.1, 0.15) is 5.75 Å². The summed E-state index contributed by atoms with van der Waals surface area (Å²) in [7, 11) is 0. The second kappa shape index (κ2) is 10.0. The SMILES string of the molecule is CC(C)(C)NC(=O)CN1CCC(CN=C(N)Nc2ccc(OC(F)(F)F)cc2)CC1. The van der Waals surface area contributed by atoms with Gasteiger partial charge in [-0.2, -0.15) is 0 Å². The second-order valence-electron chi connectivity index (χ2n) is 8.44. The maximum absolute atomic E-state index is 12.2. The first kappa shape index (κ1) is 23.8. The minimum absolute atomic E-state index is 0.0269. The number of nitrogens with one attached hydrogen (secondary N) is 2. The molecule has 7 nitrogen and oxygen atoms in total. The Morgan fingerprint density at radius 2 is 1.80 bits per heavy atom. The number of nitrogens with two attached hydrogens (primary N) is 1. The number of aliphatic imine (C=N–C) groups is 1. The van der Waals surface area contributed by atoms with Gasteiger partial charge in [-0.05, 0) is 76.9 Å². The maximum Gasteiger partial charge on any atom is 0.573 e. The van der Waals surface area contributed by atoms with E-state index in [2.05, 4.69) is 25.3 Å². The van der Waals surface area contributed by atoms with Crippen molar-refractivity contribution in [2.75, 3.05) is 31.5 Å². The van der Waals surface area contributed by atoms with Gasteiger partial charge in [0.05, 0.1) is 6.54 Å². The molecule has 1 aliphatic heterocycles. The zero-order chi connectivity index (χ0) is 22.4. The number of hydrogen-bond acceptors (Lipinski definition) is 4. The summed E-state index contributed by atoms with van der Waals surface area (Å²) in [5.41, 5.74) is 6.16. The Kier molecular flexibility index (Phi) is 7.94. The fourth-order valence-corrected chi connectivity index (χ4v) is 3.14. The average Bonchev–Trinajstić information content (AvgIpc) is 2.60. The molecule has 2 rings (SSSR count). The van der Waals surface area contributed by atoms with E-state index in [0.29, 0.717) is 24.7 Å². The minimum Gasteiger partial charge on any atom is -0.406 e. The minimum atomic E-state index is -4.72. The third-order valence-corrected chi connectivity index (χ3v) is 4.47. The van der Waals surface area contributed by atoms with Gasteiger partial charge in [0, 0.05) is 17.8 Å². The van der Waals surface area contributed by atoms with Crippen LogP contribution in [-0.2, 0) is 4.79 Å². The topological polar surface area (TPSA) is 92.0 Å². The number of carbonyl (C=O) groups is 1. The Hall–Kier alpha value is -2.49. The average molecular weight is 429 g/mol. The van der Waals surface area contributed by atoms with E-state index in [0.717, 1.165) is 25.9 Å². The summed E-state index contributed by atoms with van der Waals surface area (Å²) >= 11 is 0. The van der Waals surface area contributed by atoms with Gasteiger partial charge in [0.25, 0.3) is 0 Å². The molecule has 168 valence electrons. The van der Waals surface area contributed by atoms with E-state index in [1.165, 1.54) is 24.3 Å². The highest BCUT2D eigenvalue weighted by Crippen LogP contribution is 2.24. The Bertz CT molecular complexity index is 721. The monoisotopic (exact) mass is 429 g/mol. The van der Waals surface area contributed by atoms with Crippen LogP contribution in [0.3, 0.4) is 0 Å². The van der Waals surface area contributed by atoms with Gasteiger partial charge < -0.3 is 21.1 Å². The summed E-state index contributed by atoms with van der Waals surface area (Å²) in [4.78, 5) is 18.5. The number of piperidine rings is 1. The van der Waals surface area contributed by atoms with Crippen LogP contribution >= 0.6 is 0 Å². The zero-order valence-corrected chi connectivity index (χ0v) is 17.6. The second-order valence-corrected chi connectivity index (χ2v) is 8.44. The smallest absolute Gasteiger partial charge is 0.406 e. The van der Waals surface area contributed by atoms with Gasteiger partial charge in [0.2, 0.25) is 5.91 Å². The van der Waals surface area contributed by atoms with Gasteiger partial charge in [0.15, 0.2) is 5.96 Å². The number of halogens is 3. The van der Waals surface area contributed by atoms with Crippen molar-refractivity contribution < 1.29 is 22.7 Å². The van der Waals surface area contributed by atoms with Crippen LogP contribution in [0.5, 0.6) is 5.75 Å². The summed E-state index contributed by atoms with van der Waals surface area (Å²) in [6.07, 6.45) is -2.88. The van der Waals surface area contributed by atoms with Crippen LogP contribution in [0.2, 0.25) is 0 Å². The molecule has 10 heteroatoms. The number of hydrogen-bond donors (Lipinski definition) is 3. The molecule has 30 heavy (non-hydrogen) atoms. The molecule has 0 unspecified atom stereocenters. The number of anilines is 1. The normalized spacial score (nSPS) is 16.9. The van der Waals surface area contributed by atoms with Crippen LogP contribution in [0, 0.1) is 5.92 Å². The summed E-state index contributed by atoms with van der Waals surface area (Å²) in [6.45, 7) is 8.47. The molecule has 1 amide bonds. The van der Waals surface area contributed by atoms with E-state index in [-0.39, 0.29) is 23.2 Å². The fraction of sp³-hybridized carbons (Fsp3) is 0.600. The molecule has 0 bridgehead atoms. The first-order valence-corrected chi connectivity index (χ1v) is 9.86. The molecule has 0 spiro atoms. The van der Waals surface area contributed by atoms with Crippen molar-refractivity contribution in [3.05, 3.63) is 24.3 Å². The molecule has 1 fully saturated rings. The molecule has 0 atom stereocenters. The van der Waals surface area contributed by atoms with Crippen molar-refractivity contribution in [2.24, 2.45) is 16.6 Å². The maximum atomic E-state index is 12.2. The highest BCUT2D eigenvalue weighted by Gasteiger charge is 2.31. The van der Waals surface area contributed by atoms with E-state index >= 15 is 0 Å².